The van der Waals surface area contributed by atoms with E-state index in [9.17, 15) is 9.18 Å². The first kappa shape index (κ1) is 19.1. The Morgan fingerprint density at radius 2 is 1.91 bits per heavy atom. The van der Waals surface area contributed by atoms with Crippen LogP contribution in [0.1, 0.15) is 32.8 Å². The summed E-state index contributed by atoms with van der Waals surface area (Å²) in [5.74, 6) is 0.424. The van der Waals surface area contributed by atoms with Crippen molar-refractivity contribution in [3.05, 3.63) is 60.7 Å². The summed E-state index contributed by atoms with van der Waals surface area (Å²) in [4.78, 5) is 10.8. The summed E-state index contributed by atoms with van der Waals surface area (Å²) < 4.78 is 17.7. The fourth-order valence-electron chi connectivity index (χ4n) is 3.08. The van der Waals surface area contributed by atoms with Gasteiger partial charge in [-0.1, -0.05) is 75.9 Å². The van der Waals surface area contributed by atoms with E-state index in [1.54, 1.807) is 12.2 Å². The number of hydrogen-bond donors (Lipinski definition) is 0. The van der Waals surface area contributed by atoms with Crippen LogP contribution < -0.4 is 0 Å². The highest BCUT2D eigenvalue weighted by molar-refractivity contribution is 5.58. The van der Waals surface area contributed by atoms with Crippen molar-refractivity contribution in [2.45, 2.75) is 39.7 Å². The first-order valence-electron chi connectivity index (χ1n) is 8.13. The van der Waals surface area contributed by atoms with Crippen molar-refractivity contribution in [2.24, 2.45) is 17.8 Å². The Balaban J connectivity index is 2.67. The predicted molar refractivity (Wildman–Crippen MR) is 93.0 cm³/mol. The molecule has 0 N–H and O–H groups in total. The minimum atomic E-state index is -1.71. The van der Waals surface area contributed by atoms with Crippen LogP contribution in [0.2, 0.25) is 0 Å². The van der Waals surface area contributed by atoms with Gasteiger partial charge in [-0.15, -0.1) is 4.39 Å². The van der Waals surface area contributed by atoms with Gasteiger partial charge in [-0.3, -0.25) is 0 Å². The third kappa shape index (κ3) is 7.27. The van der Waals surface area contributed by atoms with Crippen LogP contribution >= 0.6 is 0 Å². The van der Waals surface area contributed by atoms with E-state index in [4.69, 9.17) is 4.74 Å². The van der Waals surface area contributed by atoms with Gasteiger partial charge < -0.3 is 4.74 Å². The van der Waals surface area contributed by atoms with Crippen molar-refractivity contribution in [3.8, 4) is 0 Å². The zero-order chi connectivity index (χ0) is 17.2. The lowest BCUT2D eigenvalue weighted by atomic mass is 9.84. The molecule has 1 rings (SSSR count). The Bertz CT molecular complexity index is 510. The van der Waals surface area contributed by atoms with Gasteiger partial charge in [0.15, 0.2) is 0 Å². The Labute approximate surface area is 139 Å². The second-order valence-electron chi connectivity index (χ2n) is 6.31. The normalized spacial score (nSPS) is 16.5. The smallest absolute Gasteiger partial charge is 0.436 e. The quantitative estimate of drug-likeness (QED) is 0.428. The van der Waals surface area contributed by atoms with Crippen molar-refractivity contribution < 1.29 is 13.9 Å². The first-order valence-corrected chi connectivity index (χ1v) is 8.13. The second kappa shape index (κ2) is 9.98. The Morgan fingerprint density at radius 1 is 1.26 bits per heavy atom. The van der Waals surface area contributed by atoms with E-state index < -0.39 is 12.3 Å². The van der Waals surface area contributed by atoms with Crippen LogP contribution in [0.25, 0.3) is 0 Å². The van der Waals surface area contributed by atoms with Crippen molar-refractivity contribution in [1.82, 2.24) is 0 Å². The Morgan fingerprint density at radius 3 is 2.48 bits per heavy atom. The number of rotatable bonds is 9. The van der Waals surface area contributed by atoms with Gasteiger partial charge in [-0.2, -0.15) is 0 Å². The molecule has 0 aromatic heterocycles. The third-order valence-electron chi connectivity index (χ3n) is 4.06. The zero-order valence-corrected chi connectivity index (χ0v) is 14.2. The van der Waals surface area contributed by atoms with Gasteiger partial charge in [0, 0.05) is 5.92 Å². The number of carbonyl (C=O) groups is 1. The van der Waals surface area contributed by atoms with Crippen molar-refractivity contribution in [2.75, 3.05) is 0 Å². The van der Waals surface area contributed by atoms with E-state index in [0.717, 1.165) is 12.8 Å². The van der Waals surface area contributed by atoms with Gasteiger partial charge in [-0.05, 0) is 30.2 Å². The number of allylic oxidation sites excluding steroid dienone is 2. The zero-order valence-electron chi connectivity index (χ0n) is 14.2. The van der Waals surface area contributed by atoms with E-state index in [0.29, 0.717) is 5.92 Å². The molecule has 23 heavy (non-hydrogen) atoms. The van der Waals surface area contributed by atoms with E-state index in [2.05, 4.69) is 25.6 Å². The van der Waals surface area contributed by atoms with E-state index in [1.165, 1.54) is 5.56 Å². The molecule has 0 spiro atoms. The third-order valence-corrected chi connectivity index (χ3v) is 4.06. The van der Waals surface area contributed by atoms with Crippen LogP contribution in [-0.4, -0.2) is 12.3 Å². The predicted octanol–water partition coefficient (Wildman–Crippen LogP) is 5.74. The van der Waals surface area contributed by atoms with Crippen molar-refractivity contribution in [3.63, 3.8) is 0 Å². The van der Waals surface area contributed by atoms with Gasteiger partial charge >= 0.3 is 6.22 Å². The average Bonchev–Trinajstić information content (AvgIpc) is 2.50. The first-order chi connectivity index (χ1) is 10.9. The topological polar surface area (TPSA) is 26.3 Å². The fourth-order valence-corrected chi connectivity index (χ4v) is 3.08. The highest BCUT2D eigenvalue weighted by Gasteiger charge is 2.27. The van der Waals surface area contributed by atoms with Crippen LogP contribution in [0.5, 0.6) is 0 Å². The van der Waals surface area contributed by atoms with Crippen LogP contribution in [0.4, 0.5) is 9.18 Å². The molecule has 2 nitrogen and oxygen atoms in total. The number of ether oxygens (including phenoxy) is 1. The molecule has 0 bridgehead atoms. The lowest BCUT2D eigenvalue weighted by Crippen LogP contribution is -2.30. The molecule has 3 heteroatoms. The molecule has 1 aromatic rings. The van der Waals surface area contributed by atoms with Crippen LogP contribution in [0, 0.1) is 17.8 Å². The fraction of sp³-hybridized carbons (Fsp3) is 0.450. The van der Waals surface area contributed by atoms with Gasteiger partial charge in [-0.25, -0.2) is 4.79 Å². The standard InChI is InChI=1S/C20H27FO2/c1-5-6-10-16(3)19(23-20(21)22)17(4)13-15(2)14-18-11-8-7-9-12-18/h5-12,15-17,19H,1,13-14H2,2-4H3/b10-6-/t15-,16+,17+,19+/m1/s1. The number of hydrogen-bond acceptors (Lipinski definition) is 2. The van der Waals surface area contributed by atoms with Crippen molar-refractivity contribution >= 4 is 6.22 Å². The summed E-state index contributed by atoms with van der Waals surface area (Å²) in [6.45, 7) is 9.72. The van der Waals surface area contributed by atoms with Gasteiger partial charge in [0.05, 0.1) is 0 Å². The lowest BCUT2D eigenvalue weighted by molar-refractivity contribution is 0.0226. The summed E-state index contributed by atoms with van der Waals surface area (Å²) in [5.41, 5.74) is 1.28. The molecule has 0 aliphatic heterocycles. The molecule has 4 atom stereocenters. The molecule has 0 saturated heterocycles. The van der Waals surface area contributed by atoms with Crippen LogP contribution in [0.3, 0.4) is 0 Å². The summed E-state index contributed by atoms with van der Waals surface area (Å²) in [7, 11) is 0. The summed E-state index contributed by atoms with van der Waals surface area (Å²) >= 11 is 0. The van der Waals surface area contributed by atoms with Crippen molar-refractivity contribution in [1.29, 1.82) is 0 Å². The molecule has 0 fully saturated rings. The molecule has 0 unspecified atom stereocenters. The molecule has 0 saturated carbocycles. The summed E-state index contributed by atoms with van der Waals surface area (Å²) in [5, 5.41) is 0. The molecule has 0 aliphatic rings. The molecule has 0 amide bonds. The summed E-state index contributed by atoms with van der Waals surface area (Å²) in [6, 6.07) is 10.3. The van der Waals surface area contributed by atoms with Crippen LogP contribution in [-0.2, 0) is 11.2 Å². The maximum Gasteiger partial charge on any atom is 0.495 e. The molecule has 0 heterocycles. The Hall–Kier alpha value is -1.90. The highest BCUT2D eigenvalue weighted by atomic mass is 19.1. The maximum atomic E-state index is 12.8. The number of carbonyl (C=O) groups excluding carboxylic acids is 1. The van der Waals surface area contributed by atoms with Gasteiger partial charge in [0.1, 0.15) is 6.10 Å². The molecule has 126 valence electrons. The van der Waals surface area contributed by atoms with E-state index in [1.807, 2.05) is 38.1 Å². The maximum absolute atomic E-state index is 12.8. The second-order valence-corrected chi connectivity index (χ2v) is 6.31. The SMILES string of the molecule is C=C/C=C\[C@H](C)[C@H](OC(=O)F)[C@@H](C)C[C@@H](C)Cc1ccccc1. The van der Waals surface area contributed by atoms with E-state index in [-0.39, 0.29) is 11.8 Å². The molecule has 1 aromatic carbocycles. The number of halogens is 1. The summed E-state index contributed by atoms with van der Waals surface area (Å²) in [6.07, 6.45) is 4.98. The molecular formula is C20H27FO2. The molecule has 0 aliphatic carbocycles. The monoisotopic (exact) mass is 318 g/mol. The molecule has 0 radical (unpaired) electrons. The minimum absolute atomic E-state index is 0.0633. The highest BCUT2D eigenvalue weighted by Crippen LogP contribution is 2.26. The average molecular weight is 318 g/mol. The lowest BCUT2D eigenvalue weighted by Gasteiger charge is -2.28. The largest absolute Gasteiger partial charge is 0.495 e. The van der Waals surface area contributed by atoms with Crippen LogP contribution in [0.15, 0.2) is 55.1 Å². The minimum Gasteiger partial charge on any atom is -0.436 e. The van der Waals surface area contributed by atoms with E-state index >= 15 is 0 Å². The number of benzene rings is 1. The molecular weight excluding hydrogens is 291 g/mol. The van der Waals surface area contributed by atoms with Gasteiger partial charge in [0.2, 0.25) is 0 Å². The Kier molecular flexibility index (Phi) is 8.31. The van der Waals surface area contributed by atoms with Gasteiger partial charge in [0.25, 0.3) is 0 Å².